The van der Waals surface area contributed by atoms with E-state index in [2.05, 4.69) is 31.1 Å². The maximum Gasteiger partial charge on any atom is 0.276 e. The van der Waals surface area contributed by atoms with Crippen LogP contribution in [-0.4, -0.2) is 74.0 Å². The number of rotatable bonds is 5. The maximum atomic E-state index is 13.2. The van der Waals surface area contributed by atoms with E-state index in [1.807, 2.05) is 4.90 Å². The number of aromatic nitrogens is 3. The monoisotopic (exact) mass is 553 g/mol. The summed E-state index contributed by atoms with van der Waals surface area (Å²) in [6, 6.07) is 0. The first-order valence-electron chi connectivity index (χ1n) is 16.2. The second-order valence-corrected chi connectivity index (χ2v) is 14.8. The van der Waals surface area contributed by atoms with Gasteiger partial charge in [-0.25, -0.2) is 0 Å². The molecule has 6 rings (SSSR count). The molecule has 0 radical (unpaired) electrons. The Hall–Kier alpha value is -1.96. The van der Waals surface area contributed by atoms with Crippen molar-refractivity contribution in [2.45, 2.75) is 97.5 Å². The Morgan fingerprint density at radius 2 is 1.68 bits per heavy atom. The van der Waals surface area contributed by atoms with Crippen molar-refractivity contribution in [1.29, 1.82) is 0 Å². The van der Waals surface area contributed by atoms with Gasteiger partial charge in [-0.05, 0) is 111 Å². The average molecular weight is 554 g/mol. The predicted molar refractivity (Wildman–Crippen MR) is 153 cm³/mol. The molecule has 1 unspecified atom stereocenters. The van der Waals surface area contributed by atoms with E-state index in [-0.39, 0.29) is 17.9 Å². The average Bonchev–Trinajstić information content (AvgIpc) is 3.54. The molecule has 8 heteroatoms. The fourth-order valence-electron chi connectivity index (χ4n) is 10.7. The normalized spacial score (nSPS) is 40.2. The van der Waals surface area contributed by atoms with Gasteiger partial charge in [-0.15, -0.1) is 5.10 Å². The highest BCUT2D eigenvalue weighted by atomic mass is 16.3. The summed E-state index contributed by atoms with van der Waals surface area (Å²) in [5.74, 6) is 4.67. The number of aliphatic hydroxyl groups excluding tert-OH is 1. The lowest BCUT2D eigenvalue weighted by molar-refractivity contribution is -0.134. The summed E-state index contributed by atoms with van der Waals surface area (Å²) in [5.41, 5.74) is 1.21. The van der Waals surface area contributed by atoms with Crippen molar-refractivity contribution < 1.29 is 14.7 Å². The lowest BCUT2D eigenvalue weighted by atomic mass is 9.44. The van der Waals surface area contributed by atoms with E-state index in [4.69, 9.17) is 0 Å². The highest BCUT2D eigenvalue weighted by Gasteiger charge is 2.60. The van der Waals surface area contributed by atoms with E-state index in [9.17, 15) is 14.7 Å². The lowest BCUT2D eigenvalue weighted by Crippen LogP contribution is -2.54. The minimum atomic E-state index is -0.101. The molecule has 2 heterocycles. The summed E-state index contributed by atoms with van der Waals surface area (Å²) in [7, 11) is 1.76. The number of piperazine rings is 1. The molecule has 8 nitrogen and oxygen atoms in total. The van der Waals surface area contributed by atoms with Gasteiger partial charge >= 0.3 is 0 Å². The molecule has 9 atom stereocenters. The van der Waals surface area contributed by atoms with Gasteiger partial charge in [0.25, 0.3) is 5.91 Å². The van der Waals surface area contributed by atoms with Gasteiger partial charge in [0.15, 0.2) is 5.69 Å². The molecular formula is C32H51N5O3. The molecule has 222 valence electrons. The molecule has 2 amide bonds. The van der Waals surface area contributed by atoms with E-state index in [1.54, 1.807) is 22.8 Å². The van der Waals surface area contributed by atoms with Crippen LogP contribution in [0.15, 0.2) is 6.20 Å². The van der Waals surface area contributed by atoms with Crippen LogP contribution in [0.5, 0.6) is 0 Å². The second-order valence-electron chi connectivity index (χ2n) is 14.8. The first-order valence-corrected chi connectivity index (χ1v) is 16.2. The number of aryl methyl sites for hydroxylation is 1. The maximum absolute atomic E-state index is 13.2. The molecule has 0 aromatic carbocycles. The first kappa shape index (κ1) is 28.2. The predicted octanol–water partition coefficient (Wildman–Crippen LogP) is 4.54. The van der Waals surface area contributed by atoms with E-state index in [0.717, 1.165) is 42.9 Å². The molecule has 1 saturated heterocycles. The Bertz CT molecular complexity index is 1100. The van der Waals surface area contributed by atoms with Crippen LogP contribution < -0.4 is 0 Å². The SMILES string of the molecule is CC(CCC(=O)N1CCN(C(=O)c2cn(C)nn2)CC1)[C@H]1CC[C@H]2[C@@H]3CC[C@H]4C[C@@H](O)CC[C@]4(C)[C@H]3CC[C@]12C. The van der Waals surface area contributed by atoms with Crippen molar-refractivity contribution in [3.63, 3.8) is 0 Å². The van der Waals surface area contributed by atoms with Gasteiger partial charge in [-0.1, -0.05) is 26.0 Å². The van der Waals surface area contributed by atoms with E-state index in [0.29, 0.717) is 61.0 Å². The smallest absolute Gasteiger partial charge is 0.276 e. The third-order valence-electron chi connectivity index (χ3n) is 13.0. The summed E-state index contributed by atoms with van der Waals surface area (Å²) in [5, 5.41) is 18.2. The lowest BCUT2D eigenvalue weighted by Gasteiger charge is -2.61. The molecule has 4 saturated carbocycles. The summed E-state index contributed by atoms with van der Waals surface area (Å²) < 4.78 is 1.54. The first-order chi connectivity index (χ1) is 19.1. The van der Waals surface area contributed by atoms with Gasteiger partial charge in [0.1, 0.15) is 0 Å². The minimum Gasteiger partial charge on any atom is -0.393 e. The zero-order chi connectivity index (χ0) is 28.2. The number of nitrogens with zero attached hydrogens (tertiary/aromatic N) is 5. The Morgan fingerprint density at radius 3 is 2.40 bits per heavy atom. The van der Waals surface area contributed by atoms with Crippen LogP contribution in [0, 0.1) is 46.3 Å². The van der Waals surface area contributed by atoms with Gasteiger partial charge < -0.3 is 14.9 Å². The number of hydrogen-bond acceptors (Lipinski definition) is 5. The fraction of sp³-hybridized carbons (Fsp3) is 0.875. The molecule has 1 aliphatic heterocycles. The van der Waals surface area contributed by atoms with Gasteiger partial charge in [0.2, 0.25) is 5.91 Å². The Morgan fingerprint density at radius 1 is 0.975 bits per heavy atom. The van der Waals surface area contributed by atoms with Crippen LogP contribution >= 0.6 is 0 Å². The fourth-order valence-corrected chi connectivity index (χ4v) is 10.7. The minimum absolute atomic E-state index is 0.0709. The zero-order valence-electron chi connectivity index (χ0n) is 25.2. The highest BCUT2D eigenvalue weighted by molar-refractivity contribution is 5.92. The molecule has 1 aromatic rings. The van der Waals surface area contributed by atoms with Crippen molar-refractivity contribution in [3.8, 4) is 0 Å². The van der Waals surface area contributed by atoms with Crippen LogP contribution in [0.2, 0.25) is 0 Å². The quantitative estimate of drug-likeness (QED) is 0.578. The number of fused-ring (bicyclic) bond motifs is 5. The third-order valence-corrected chi connectivity index (χ3v) is 13.0. The van der Waals surface area contributed by atoms with Crippen LogP contribution in [0.3, 0.4) is 0 Å². The van der Waals surface area contributed by atoms with Crippen molar-refractivity contribution in [2.24, 2.45) is 53.4 Å². The van der Waals surface area contributed by atoms with Gasteiger partial charge in [0, 0.05) is 39.6 Å². The van der Waals surface area contributed by atoms with E-state index in [1.165, 1.54) is 44.9 Å². The number of amides is 2. The largest absolute Gasteiger partial charge is 0.393 e. The summed E-state index contributed by atoms with van der Waals surface area (Å²) in [4.78, 5) is 29.6. The van der Waals surface area contributed by atoms with Crippen molar-refractivity contribution in [3.05, 3.63) is 11.9 Å². The Kier molecular flexibility index (Phi) is 7.54. The topological polar surface area (TPSA) is 91.6 Å². The summed E-state index contributed by atoms with van der Waals surface area (Å²) >= 11 is 0. The van der Waals surface area contributed by atoms with Gasteiger partial charge in [-0.2, -0.15) is 0 Å². The Balaban J connectivity index is 1.01. The molecule has 0 spiro atoms. The molecule has 1 aromatic heterocycles. The molecule has 4 aliphatic carbocycles. The molecule has 5 aliphatic rings. The van der Waals surface area contributed by atoms with Crippen LogP contribution in [-0.2, 0) is 11.8 Å². The second kappa shape index (κ2) is 10.7. The standard InChI is InChI=1S/C32H51N5O3/c1-21(5-10-29(39)36-15-17-37(18-16-36)30(40)28-20-35(4)34-33-28)25-8-9-26-24-7-6-22-19-23(38)11-13-31(22,2)27(24)12-14-32(25,26)3/h20-27,38H,5-19H2,1-4H3/t21?,22-,23-,24-,25+,26-,27-,31-,32+/m0/s1. The summed E-state index contributed by atoms with van der Waals surface area (Å²) in [6.45, 7) is 9.91. The molecule has 1 N–H and O–H groups in total. The number of carbonyl (C=O) groups is 2. The molecule has 5 fully saturated rings. The van der Waals surface area contributed by atoms with Crippen LogP contribution in [0.4, 0.5) is 0 Å². The number of carbonyl (C=O) groups excluding carboxylic acids is 2. The number of aliphatic hydroxyl groups is 1. The summed E-state index contributed by atoms with van der Waals surface area (Å²) in [6.07, 6.45) is 14.5. The zero-order valence-corrected chi connectivity index (χ0v) is 25.2. The van der Waals surface area contributed by atoms with Crippen molar-refractivity contribution in [2.75, 3.05) is 26.2 Å². The van der Waals surface area contributed by atoms with Crippen LogP contribution in [0.1, 0.15) is 102 Å². The third kappa shape index (κ3) is 4.80. The molecular weight excluding hydrogens is 502 g/mol. The number of hydrogen-bond donors (Lipinski definition) is 1. The van der Waals surface area contributed by atoms with Crippen LogP contribution in [0.25, 0.3) is 0 Å². The Labute approximate surface area is 240 Å². The van der Waals surface area contributed by atoms with Gasteiger partial charge in [-0.3, -0.25) is 14.3 Å². The van der Waals surface area contributed by atoms with Gasteiger partial charge in [0.05, 0.1) is 12.3 Å². The highest BCUT2D eigenvalue weighted by Crippen LogP contribution is 2.68. The molecule has 40 heavy (non-hydrogen) atoms. The van der Waals surface area contributed by atoms with E-state index < -0.39 is 0 Å². The van der Waals surface area contributed by atoms with E-state index >= 15 is 0 Å². The molecule has 0 bridgehead atoms. The van der Waals surface area contributed by atoms with Crippen molar-refractivity contribution >= 4 is 11.8 Å². The van der Waals surface area contributed by atoms with Crippen molar-refractivity contribution in [1.82, 2.24) is 24.8 Å².